The van der Waals surface area contributed by atoms with E-state index < -0.39 is 0 Å². The van der Waals surface area contributed by atoms with Gasteiger partial charge in [0.05, 0.1) is 17.9 Å². The molecule has 0 radical (unpaired) electrons. The number of amides is 1. The van der Waals surface area contributed by atoms with Crippen LogP contribution in [0.15, 0.2) is 6.08 Å². The average Bonchev–Trinajstić information content (AvgIpc) is 2.96. The van der Waals surface area contributed by atoms with Gasteiger partial charge in [0.15, 0.2) is 0 Å². The van der Waals surface area contributed by atoms with E-state index in [2.05, 4.69) is 31.4 Å². The molecule has 1 saturated heterocycles. The molecular weight excluding hydrogens is 336 g/mol. The molecule has 1 amide bonds. The molecule has 1 fully saturated rings. The van der Waals surface area contributed by atoms with Crippen molar-refractivity contribution in [3.63, 3.8) is 0 Å². The Balaban J connectivity index is 2.06. The highest BCUT2D eigenvalue weighted by molar-refractivity contribution is 9.09. The normalized spacial score (nSPS) is 27.8. The highest BCUT2D eigenvalue weighted by Crippen LogP contribution is 2.38. The molecule has 112 valence electrons. The third kappa shape index (κ3) is 2.49. The van der Waals surface area contributed by atoms with Crippen molar-refractivity contribution >= 4 is 39.9 Å². The van der Waals surface area contributed by atoms with Gasteiger partial charge < -0.3 is 10.1 Å². The van der Waals surface area contributed by atoms with Gasteiger partial charge in [0.25, 0.3) is 5.82 Å². The lowest BCUT2D eigenvalue weighted by molar-refractivity contribution is -0.121. The van der Waals surface area contributed by atoms with Crippen molar-refractivity contribution in [2.75, 3.05) is 32.1 Å². The van der Waals surface area contributed by atoms with Crippen LogP contribution in [0, 0.1) is 12.8 Å². The van der Waals surface area contributed by atoms with E-state index in [1.54, 1.807) is 19.2 Å². The lowest BCUT2D eigenvalue weighted by atomic mass is 10.1. The second-order valence-electron chi connectivity index (χ2n) is 5.42. The molecule has 3 heterocycles. The zero-order valence-electron chi connectivity index (χ0n) is 12.1. The van der Waals surface area contributed by atoms with Gasteiger partial charge in [-0.2, -0.15) is 4.98 Å². The summed E-state index contributed by atoms with van der Waals surface area (Å²) >= 11 is 3.63. The number of nitrogens with zero attached hydrogens (tertiary/aromatic N) is 3. The van der Waals surface area contributed by atoms with Crippen LogP contribution in [0.2, 0.25) is 0 Å². The Labute approximate surface area is 132 Å². The molecule has 0 aromatic carbocycles. The Morgan fingerprint density at radius 3 is 2.95 bits per heavy atom. The van der Waals surface area contributed by atoms with Crippen molar-refractivity contribution in [3.8, 4) is 0 Å². The van der Waals surface area contributed by atoms with Crippen molar-refractivity contribution in [1.29, 1.82) is 0 Å². The van der Waals surface area contributed by atoms with Gasteiger partial charge in [-0.25, -0.2) is 9.78 Å². The number of nitrogens with one attached hydrogen (secondary N) is 1. The summed E-state index contributed by atoms with van der Waals surface area (Å²) in [6, 6.07) is 0. The first-order chi connectivity index (χ1) is 10.0. The molecule has 0 spiro atoms. The van der Waals surface area contributed by atoms with Crippen LogP contribution < -0.4 is 8.83 Å². The molecule has 21 heavy (non-hydrogen) atoms. The van der Waals surface area contributed by atoms with Gasteiger partial charge in [0.2, 0.25) is 22.1 Å². The predicted octanol–water partition coefficient (Wildman–Crippen LogP) is 2.03. The molecule has 2 atom stereocenters. The van der Waals surface area contributed by atoms with Crippen LogP contribution in [-0.2, 0) is 9.53 Å². The highest BCUT2D eigenvalue weighted by Gasteiger charge is 2.45. The number of quaternary nitrogens is 1. The van der Waals surface area contributed by atoms with Crippen LogP contribution in [0.5, 0.6) is 0 Å². The monoisotopic (exact) mass is 353 g/mol. The van der Waals surface area contributed by atoms with Crippen molar-refractivity contribution < 1.29 is 9.53 Å². The lowest BCUT2D eigenvalue weighted by Crippen LogP contribution is -2.49. The maximum absolute atomic E-state index is 12.5. The Morgan fingerprint density at radius 1 is 1.48 bits per heavy atom. The number of ether oxygens (including phenoxy) is 1. The number of carbonyl (C=O) groups excluding carboxylic acids is 1. The Morgan fingerprint density at radius 2 is 2.29 bits per heavy atom. The molecule has 6 nitrogen and oxygen atoms in total. The number of hydrogen-bond donors (Lipinski definition) is 1. The maximum atomic E-state index is 12.5. The average molecular weight is 354 g/mol. The number of anilines is 1. The highest BCUT2D eigenvalue weighted by atomic mass is 79.9. The summed E-state index contributed by atoms with van der Waals surface area (Å²) in [7, 11) is 1.77. The summed E-state index contributed by atoms with van der Waals surface area (Å²) < 4.78 is 5.44. The van der Waals surface area contributed by atoms with Crippen molar-refractivity contribution in [1.82, 2.24) is 13.5 Å². The lowest BCUT2D eigenvalue weighted by Gasteiger charge is -2.30. The summed E-state index contributed by atoms with van der Waals surface area (Å²) in [5.74, 6) is 1.56. The van der Waals surface area contributed by atoms with Gasteiger partial charge in [-0.05, 0) is 19.4 Å². The molecule has 0 aliphatic carbocycles. The van der Waals surface area contributed by atoms with Crippen LogP contribution in [0.1, 0.15) is 17.7 Å². The van der Waals surface area contributed by atoms with E-state index in [-0.39, 0.29) is 9.42 Å². The topological polar surface area (TPSA) is 64.1 Å². The van der Waals surface area contributed by atoms with Gasteiger partial charge in [0.1, 0.15) is 6.54 Å². The van der Waals surface area contributed by atoms with Crippen molar-refractivity contribution in [2.45, 2.75) is 13.3 Å². The van der Waals surface area contributed by atoms with E-state index in [0.29, 0.717) is 30.8 Å². The van der Waals surface area contributed by atoms with E-state index in [4.69, 9.17) is 4.74 Å². The molecule has 3 rings (SSSR count). The van der Waals surface area contributed by atoms with E-state index in [9.17, 15) is 4.79 Å². The molecule has 2 aliphatic heterocycles. The second-order valence-corrected chi connectivity index (χ2v) is 6.63. The van der Waals surface area contributed by atoms with Crippen LogP contribution in [0.4, 0.5) is 11.8 Å². The number of carbonyl (C=O) groups is 1. The van der Waals surface area contributed by atoms with Gasteiger partial charge in [-0.15, -0.1) is 3.51 Å². The number of hydrogen-bond acceptors (Lipinski definition) is 5. The molecule has 1 aromatic heterocycles. The quantitative estimate of drug-likeness (QED) is 0.842. The van der Waals surface area contributed by atoms with Crippen molar-refractivity contribution in [2.24, 2.45) is 5.92 Å². The first-order valence-electron chi connectivity index (χ1n) is 6.99. The molecule has 0 saturated carbocycles. The number of aromatic nitrogens is 2. The van der Waals surface area contributed by atoms with Crippen LogP contribution in [-0.4, -0.2) is 42.7 Å². The van der Waals surface area contributed by atoms with Gasteiger partial charge in [-0.3, -0.25) is 0 Å². The van der Waals surface area contributed by atoms with E-state index in [1.165, 1.54) is 0 Å². The summed E-state index contributed by atoms with van der Waals surface area (Å²) in [5.41, 5.74) is 1.77. The number of fused-ring (bicyclic) bond motifs is 1. The first kappa shape index (κ1) is 14.6. The zero-order valence-corrected chi connectivity index (χ0v) is 13.7. The van der Waals surface area contributed by atoms with Gasteiger partial charge in [-0.1, -0.05) is 0 Å². The van der Waals surface area contributed by atoms with Crippen LogP contribution in [0.3, 0.4) is 0 Å². The van der Waals surface area contributed by atoms with Crippen LogP contribution in [0.25, 0.3) is 6.08 Å². The standard InChI is InChI=1S/C14H17BrN4O2/c1-9-11-3-4-12(20)19(15,7-10-5-6-21-8-10)13(11)18-14(16-2)17-9/h3-4,10H,5-8H2,1-2H3/p+1. The third-order valence-corrected chi connectivity index (χ3v) is 4.93. The Hall–Kier alpha value is -1.31. The molecule has 0 bridgehead atoms. The van der Waals surface area contributed by atoms with E-state index >= 15 is 0 Å². The Kier molecular flexibility index (Phi) is 3.81. The minimum absolute atomic E-state index is 0.00486. The molecule has 2 unspecified atom stereocenters. The fraction of sp³-hybridized carbons (Fsp3) is 0.500. The third-order valence-electron chi connectivity index (χ3n) is 3.95. The predicted molar refractivity (Wildman–Crippen MR) is 84.9 cm³/mol. The minimum atomic E-state index is -0.0189. The van der Waals surface area contributed by atoms with Crippen LogP contribution >= 0.6 is 16.1 Å². The number of aryl methyl sites for hydroxylation is 1. The molecule has 1 N–H and O–H groups in total. The molecule has 2 aliphatic rings. The summed E-state index contributed by atoms with van der Waals surface area (Å²) in [5, 5.41) is 2.95. The minimum Gasteiger partial charge on any atom is -0.381 e. The van der Waals surface area contributed by atoms with Crippen molar-refractivity contribution in [3.05, 3.63) is 17.3 Å². The first-order valence-corrected chi connectivity index (χ1v) is 7.70. The summed E-state index contributed by atoms with van der Waals surface area (Å²) in [6.45, 7) is 4.02. The maximum Gasteiger partial charge on any atom is 0.355 e. The SMILES string of the molecule is CNc1nc(C)c2c(n1)[N+](Br)(CC1CCOC1)C(=O)C=C2. The smallest absolute Gasteiger partial charge is 0.355 e. The fourth-order valence-electron chi connectivity index (χ4n) is 2.78. The summed E-state index contributed by atoms with van der Waals surface area (Å²) in [4.78, 5) is 21.4. The second kappa shape index (κ2) is 5.47. The largest absolute Gasteiger partial charge is 0.381 e. The Bertz CT molecular complexity index is 613. The van der Waals surface area contributed by atoms with Gasteiger partial charge >= 0.3 is 5.91 Å². The van der Waals surface area contributed by atoms with E-state index in [0.717, 1.165) is 24.3 Å². The fourth-order valence-corrected chi connectivity index (χ4v) is 3.58. The molecular formula is C14H18BrN4O2+. The summed E-state index contributed by atoms with van der Waals surface area (Å²) in [6.07, 6.45) is 4.37. The molecule has 7 heteroatoms. The molecule has 1 aromatic rings. The zero-order chi connectivity index (χ0) is 15.0. The number of rotatable bonds is 3. The number of halogens is 1. The van der Waals surface area contributed by atoms with E-state index in [1.807, 2.05) is 6.92 Å². The van der Waals surface area contributed by atoms with Gasteiger partial charge in [0, 0.05) is 25.6 Å².